The van der Waals surface area contributed by atoms with E-state index in [9.17, 15) is 19.7 Å². The molecule has 2 heterocycles. The number of nitro benzene ring substituents is 1. The summed E-state index contributed by atoms with van der Waals surface area (Å²) in [5, 5.41) is 17.1. The van der Waals surface area contributed by atoms with Crippen molar-refractivity contribution in [3.8, 4) is 11.1 Å². The summed E-state index contributed by atoms with van der Waals surface area (Å²) >= 11 is 1.20. The van der Waals surface area contributed by atoms with Crippen LogP contribution in [0.15, 0.2) is 60.5 Å². The number of aromatic nitrogens is 1. The number of non-ortho nitro benzene ring substituents is 1. The molecule has 1 N–H and O–H groups in total. The van der Waals surface area contributed by atoms with Gasteiger partial charge in [0.1, 0.15) is 16.3 Å². The molecule has 0 spiro atoms. The minimum atomic E-state index is -0.581. The summed E-state index contributed by atoms with van der Waals surface area (Å²) in [6, 6.07) is 12.1. The molecule has 0 fully saturated rings. The average molecular weight is 532 g/mol. The van der Waals surface area contributed by atoms with Gasteiger partial charge in [-0.2, -0.15) is 0 Å². The third-order valence-corrected chi connectivity index (χ3v) is 7.32. The fourth-order valence-corrected chi connectivity index (χ4v) is 5.46. The largest absolute Gasteiger partial charge is 0.462 e. The Kier molecular flexibility index (Phi) is 7.78. The first-order valence-electron chi connectivity index (χ1n) is 12.3. The maximum Gasteiger partial charge on any atom is 0.341 e. The Hall–Kier alpha value is -4.24. The number of nitro groups is 1. The monoisotopic (exact) mass is 531 g/mol. The number of aryl methyl sites for hydroxylation is 1. The minimum Gasteiger partial charge on any atom is -0.462 e. The molecule has 0 bridgehead atoms. The normalized spacial score (nSPS) is 11.1. The van der Waals surface area contributed by atoms with Crippen molar-refractivity contribution < 1.29 is 19.2 Å². The van der Waals surface area contributed by atoms with Gasteiger partial charge >= 0.3 is 5.97 Å². The number of nitrogens with zero attached hydrogens (tertiary/aromatic N) is 2. The molecule has 0 radical (unpaired) electrons. The lowest BCUT2D eigenvalue weighted by molar-refractivity contribution is -0.384. The number of amides is 1. The Labute approximate surface area is 224 Å². The van der Waals surface area contributed by atoms with E-state index in [1.165, 1.54) is 29.0 Å². The van der Waals surface area contributed by atoms with Gasteiger partial charge < -0.3 is 14.6 Å². The van der Waals surface area contributed by atoms with Gasteiger partial charge in [-0.15, -0.1) is 17.9 Å². The van der Waals surface area contributed by atoms with Crippen LogP contribution in [0.4, 0.5) is 10.7 Å². The molecule has 0 unspecified atom stereocenters. The van der Waals surface area contributed by atoms with Crippen molar-refractivity contribution in [3.63, 3.8) is 0 Å². The zero-order chi connectivity index (χ0) is 27.6. The molecule has 196 valence electrons. The van der Waals surface area contributed by atoms with E-state index in [4.69, 9.17) is 4.74 Å². The highest BCUT2D eigenvalue weighted by Gasteiger charge is 2.26. The summed E-state index contributed by atoms with van der Waals surface area (Å²) in [7, 11) is 0. The molecule has 2 aromatic heterocycles. The zero-order valence-electron chi connectivity index (χ0n) is 21.7. The van der Waals surface area contributed by atoms with Crippen molar-refractivity contribution in [1.29, 1.82) is 0 Å². The molecule has 4 aromatic rings. The number of hydrogen-bond acceptors (Lipinski definition) is 6. The molecule has 0 saturated carbocycles. The number of esters is 1. The number of carbonyl (C=O) groups is 2. The van der Waals surface area contributed by atoms with E-state index in [2.05, 4.69) is 37.9 Å². The van der Waals surface area contributed by atoms with Crippen LogP contribution in [0.1, 0.15) is 58.7 Å². The van der Waals surface area contributed by atoms with Crippen LogP contribution in [0.2, 0.25) is 0 Å². The first-order valence-corrected chi connectivity index (χ1v) is 13.1. The Morgan fingerprint density at radius 1 is 1.21 bits per heavy atom. The van der Waals surface area contributed by atoms with Gasteiger partial charge in [-0.05, 0) is 60.7 Å². The molecular weight excluding hydrogens is 502 g/mol. The maximum absolute atomic E-state index is 13.7. The number of allylic oxidation sites excluding steroid dienone is 1. The van der Waals surface area contributed by atoms with Gasteiger partial charge in [-0.25, -0.2) is 4.79 Å². The number of nitrogens with one attached hydrogen (secondary N) is 1. The summed E-state index contributed by atoms with van der Waals surface area (Å²) < 4.78 is 7.22. The molecule has 0 aliphatic carbocycles. The summed E-state index contributed by atoms with van der Waals surface area (Å²) in [6.45, 7) is 12.3. The van der Waals surface area contributed by atoms with Crippen molar-refractivity contribution in [3.05, 3.63) is 93.0 Å². The molecule has 4 rings (SSSR count). The fourth-order valence-electron chi connectivity index (χ4n) is 4.50. The highest BCUT2D eigenvalue weighted by molar-refractivity contribution is 7.15. The van der Waals surface area contributed by atoms with E-state index in [-0.39, 0.29) is 23.8 Å². The molecule has 0 aliphatic heterocycles. The Morgan fingerprint density at radius 3 is 2.53 bits per heavy atom. The highest BCUT2D eigenvalue weighted by Crippen LogP contribution is 2.38. The first-order chi connectivity index (χ1) is 18.2. The van der Waals surface area contributed by atoms with Crippen LogP contribution in [0.25, 0.3) is 22.0 Å². The van der Waals surface area contributed by atoms with E-state index < -0.39 is 10.9 Å². The van der Waals surface area contributed by atoms with Gasteiger partial charge in [0, 0.05) is 40.5 Å². The number of ether oxygens (including phenoxy) is 1. The van der Waals surface area contributed by atoms with Gasteiger partial charge in [0.2, 0.25) is 0 Å². The van der Waals surface area contributed by atoms with Crippen LogP contribution in [0, 0.1) is 17.0 Å². The molecule has 0 atom stereocenters. The zero-order valence-corrected chi connectivity index (χ0v) is 22.6. The van der Waals surface area contributed by atoms with Crippen molar-refractivity contribution in [2.45, 2.75) is 40.2 Å². The van der Waals surface area contributed by atoms with Crippen LogP contribution in [0.3, 0.4) is 0 Å². The molecule has 8 nitrogen and oxygen atoms in total. The molecule has 0 saturated heterocycles. The number of hydrogen-bond donors (Lipinski definition) is 1. The summed E-state index contributed by atoms with van der Waals surface area (Å²) in [4.78, 5) is 37.3. The maximum atomic E-state index is 13.7. The van der Waals surface area contributed by atoms with Crippen LogP contribution in [-0.4, -0.2) is 28.0 Å². The minimum absolute atomic E-state index is 0.0543. The highest BCUT2D eigenvalue weighted by atomic mass is 32.1. The number of anilines is 1. The topological polar surface area (TPSA) is 103 Å². The van der Waals surface area contributed by atoms with Crippen LogP contribution in [-0.2, 0) is 11.3 Å². The lowest BCUT2D eigenvalue weighted by Gasteiger charge is -2.11. The number of carbonyl (C=O) groups excluding carboxylic acids is 2. The first kappa shape index (κ1) is 26.8. The summed E-state index contributed by atoms with van der Waals surface area (Å²) in [6.07, 6.45) is 1.74. The molecule has 9 heteroatoms. The van der Waals surface area contributed by atoms with E-state index >= 15 is 0 Å². The van der Waals surface area contributed by atoms with Gasteiger partial charge in [0.05, 0.1) is 11.5 Å². The molecule has 0 aliphatic rings. The van der Waals surface area contributed by atoms with Crippen molar-refractivity contribution in [2.75, 3.05) is 11.9 Å². The molecule has 2 aromatic carbocycles. The molecular formula is C29H29N3O5S. The van der Waals surface area contributed by atoms with Gasteiger partial charge in [0.15, 0.2) is 0 Å². The second-order valence-electron chi connectivity index (χ2n) is 9.14. The Morgan fingerprint density at radius 2 is 1.92 bits per heavy atom. The summed E-state index contributed by atoms with van der Waals surface area (Å²) in [5.41, 5.74) is 4.73. The average Bonchev–Trinajstić information content (AvgIpc) is 3.43. The van der Waals surface area contributed by atoms with Crippen LogP contribution >= 0.6 is 11.3 Å². The van der Waals surface area contributed by atoms with Crippen LogP contribution in [0.5, 0.6) is 0 Å². The predicted molar refractivity (Wildman–Crippen MR) is 151 cm³/mol. The van der Waals surface area contributed by atoms with Crippen LogP contribution < -0.4 is 5.32 Å². The number of thiophene rings is 1. The fraction of sp³-hybridized carbons (Fsp3) is 0.241. The van der Waals surface area contributed by atoms with Crippen molar-refractivity contribution in [1.82, 2.24) is 4.57 Å². The van der Waals surface area contributed by atoms with E-state index in [1.807, 2.05) is 17.6 Å². The van der Waals surface area contributed by atoms with Gasteiger partial charge in [-0.1, -0.05) is 26.0 Å². The smallest absolute Gasteiger partial charge is 0.341 e. The number of benzene rings is 2. The third kappa shape index (κ3) is 4.97. The number of fused-ring (bicyclic) bond motifs is 1. The second-order valence-corrected chi connectivity index (χ2v) is 10.0. The third-order valence-electron chi connectivity index (χ3n) is 6.42. The Bertz CT molecular complexity index is 1550. The van der Waals surface area contributed by atoms with Gasteiger partial charge in [0.25, 0.3) is 11.6 Å². The van der Waals surface area contributed by atoms with Crippen molar-refractivity contribution in [2.24, 2.45) is 0 Å². The molecule has 1 amide bonds. The quantitative estimate of drug-likeness (QED) is 0.105. The standard InChI is InChI=1S/C29H29N3O5S/c1-6-14-31-24-13-10-20(17(3)4)15-22(24)18(5)26(31)27(33)30-28-25(29(34)37-7-2)23(16-38-28)19-8-11-21(12-9-19)32(35)36/h6,8-13,15-17H,1,7,14H2,2-5H3,(H,30,33). The van der Waals surface area contributed by atoms with Crippen molar-refractivity contribution >= 4 is 44.8 Å². The predicted octanol–water partition coefficient (Wildman–Crippen LogP) is 7.32. The van der Waals surface area contributed by atoms with E-state index in [1.54, 1.807) is 30.5 Å². The summed E-state index contributed by atoms with van der Waals surface area (Å²) in [5.74, 6) is -0.591. The SMILES string of the molecule is C=CCn1c(C(=O)Nc2scc(-c3ccc([N+](=O)[O-])cc3)c2C(=O)OCC)c(C)c2cc(C(C)C)ccc21. The second kappa shape index (κ2) is 11.0. The van der Waals surface area contributed by atoms with E-state index in [0.29, 0.717) is 34.3 Å². The lowest BCUT2D eigenvalue weighted by Crippen LogP contribution is -2.19. The Balaban J connectivity index is 1.79. The van der Waals surface area contributed by atoms with Gasteiger partial charge in [-0.3, -0.25) is 14.9 Å². The van der Waals surface area contributed by atoms with E-state index in [0.717, 1.165) is 16.5 Å². The number of rotatable bonds is 9. The lowest BCUT2D eigenvalue weighted by atomic mass is 10.0. The molecule has 38 heavy (non-hydrogen) atoms.